The highest BCUT2D eigenvalue weighted by Crippen LogP contribution is 2.35. The minimum Gasteiger partial charge on any atom is -0.438 e. The molecule has 0 aromatic rings. The fourth-order valence-corrected chi connectivity index (χ4v) is 9.75. The fourth-order valence-electron chi connectivity index (χ4n) is 2.66. The van der Waals surface area contributed by atoms with Crippen molar-refractivity contribution in [2.45, 2.75) is 56.5 Å². The lowest BCUT2D eigenvalue weighted by atomic mass is 10.2. The Labute approximate surface area is 146 Å². The maximum Gasteiger partial charge on any atom is 0.458 e. The second-order valence-electron chi connectivity index (χ2n) is 6.17. The van der Waals surface area contributed by atoms with Gasteiger partial charge in [0, 0.05) is 13.2 Å². The van der Waals surface area contributed by atoms with E-state index in [-0.39, 0.29) is 6.54 Å². The summed E-state index contributed by atoms with van der Waals surface area (Å²) in [5, 5.41) is 1.83. The molecule has 0 radical (unpaired) electrons. The van der Waals surface area contributed by atoms with Gasteiger partial charge in [0.05, 0.1) is 0 Å². The minimum atomic E-state index is -5.66. The molecule has 0 aliphatic carbocycles. The Morgan fingerprint density at radius 3 is 2.60 bits per heavy atom. The van der Waals surface area contributed by atoms with Gasteiger partial charge in [-0.15, -0.1) is 0 Å². The van der Waals surface area contributed by atoms with Gasteiger partial charge in [-0.2, -0.15) is 17.6 Å². The normalized spacial score (nSPS) is 27.9. The molecule has 1 aliphatic heterocycles. The first-order valence-electron chi connectivity index (χ1n) is 8.07. The van der Waals surface area contributed by atoms with Gasteiger partial charge in [0.1, 0.15) is 0 Å². The van der Waals surface area contributed by atoms with Crippen LogP contribution < -0.4 is 5.32 Å². The average molecular weight is 410 g/mol. The van der Waals surface area contributed by atoms with Crippen LogP contribution in [-0.2, 0) is 18.1 Å². The molecule has 0 bridgehead atoms. The number of hydrogen-bond acceptors (Lipinski definition) is 4. The molecule has 1 amide bonds. The van der Waals surface area contributed by atoms with Crippen molar-refractivity contribution in [3.63, 3.8) is 0 Å². The molecule has 3 unspecified atom stereocenters. The van der Waals surface area contributed by atoms with Crippen LogP contribution in [0.4, 0.5) is 22.0 Å². The maximum atomic E-state index is 13.7. The number of halogens is 5. The molecule has 0 aromatic heterocycles. The van der Waals surface area contributed by atoms with Crippen LogP contribution in [0.2, 0.25) is 25.2 Å². The number of rotatable bonds is 7. The molecule has 1 heterocycles. The van der Waals surface area contributed by atoms with E-state index in [2.05, 4.69) is 4.74 Å². The van der Waals surface area contributed by atoms with Gasteiger partial charge in [0.2, 0.25) is 0 Å². The fraction of sp³-hybridized carbons (Fsp3) is 0.923. The predicted octanol–water partition coefficient (Wildman–Crippen LogP) is 2.92. The van der Waals surface area contributed by atoms with Crippen LogP contribution >= 0.6 is 0 Å². The molecule has 1 N–H and O–H groups in total. The Morgan fingerprint density at radius 1 is 1.32 bits per heavy atom. The third-order valence-electron chi connectivity index (χ3n) is 3.98. The van der Waals surface area contributed by atoms with Crippen molar-refractivity contribution in [3.05, 3.63) is 0 Å². The van der Waals surface area contributed by atoms with Crippen LogP contribution in [0.25, 0.3) is 0 Å². The Balaban J connectivity index is 2.51. The predicted molar refractivity (Wildman–Crippen MR) is 85.1 cm³/mol. The monoisotopic (exact) mass is 409 g/mol. The molecule has 1 saturated heterocycles. The minimum absolute atomic E-state index is 0.182. The van der Waals surface area contributed by atoms with Gasteiger partial charge < -0.3 is 13.9 Å². The summed E-state index contributed by atoms with van der Waals surface area (Å²) in [5.41, 5.74) is 0. The number of hydrogen-bond donors (Lipinski definition) is 1. The van der Waals surface area contributed by atoms with Gasteiger partial charge in [0.25, 0.3) is 5.91 Å². The second kappa shape index (κ2) is 9.39. The molecule has 3 atom stereocenters. The number of carbonyl (C=O) groups excluding carboxylic acids is 1. The lowest BCUT2D eigenvalue weighted by Gasteiger charge is -2.33. The Morgan fingerprint density at radius 2 is 2.00 bits per heavy atom. The molecular formula is C13H24F5NO4Si2. The number of carbonyl (C=O) groups is 1. The van der Waals surface area contributed by atoms with Gasteiger partial charge in [-0.3, -0.25) is 9.53 Å². The number of alkyl halides is 5. The van der Waals surface area contributed by atoms with E-state index < -0.39 is 42.4 Å². The van der Waals surface area contributed by atoms with E-state index in [1.165, 1.54) is 0 Å². The maximum absolute atomic E-state index is 13.7. The van der Waals surface area contributed by atoms with Gasteiger partial charge in [-0.1, -0.05) is 6.42 Å². The molecule has 0 saturated carbocycles. The number of amides is 1. The Hall–Kier alpha value is -0.566. The van der Waals surface area contributed by atoms with E-state index in [4.69, 9.17) is 8.54 Å². The van der Waals surface area contributed by atoms with Crippen LogP contribution in [0, 0.1) is 0 Å². The summed E-state index contributed by atoms with van der Waals surface area (Å²) >= 11 is 0. The summed E-state index contributed by atoms with van der Waals surface area (Å²) in [6, 6.07) is 1.51. The van der Waals surface area contributed by atoms with Crippen molar-refractivity contribution in [3.8, 4) is 0 Å². The average Bonchev–Trinajstić information content (AvgIpc) is 2.48. The summed E-state index contributed by atoms with van der Waals surface area (Å²) in [6.45, 7) is 2.38. The molecule has 5 nitrogen and oxygen atoms in total. The van der Waals surface area contributed by atoms with Crippen molar-refractivity contribution < 1.29 is 40.0 Å². The van der Waals surface area contributed by atoms with Crippen LogP contribution in [0.15, 0.2) is 0 Å². The summed E-state index contributed by atoms with van der Waals surface area (Å²) in [7, 11) is -3.79. The van der Waals surface area contributed by atoms with E-state index in [1.54, 1.807) is 0 Å². The van der Waals surface area contributed by atoms with Crippen LogP contribution in [0.3, 0.4) is 0 Å². The Bertz CT molecular complexity index is 445. The lowest BCUT2D eigenvalue weighted by Crippen LogP contribution is -2.55. The first-order valence-corrected chi connectivity index (χ1v) is 13.0. The Kier molecular flexibility index (Phi) is 8.44. The van der Waals surface area contributed by atoms with Crippen molar-refractivity contribution in [1.29, 1.82) is 0 Å². The van der Waals surface area contributed by atoms with E-state index in [1.807, 2.05) is 18.4 Å². The van der Waals surface area contributed by atoms with Gasteiger partial charge in [-0.05, 0) is 38.0 Å². The molecule has 148 valence electrons. The van der Waals surface area contributed by atoms with Gasteiger partial charge in [0.15, 0.2) is 15.2 Å². The molecule has 1 fully saturated rings. The quantitative estimate of drug-likeness (QED) is 0.399. The molecule has 1 aliphatic rings. The van der Waals surface area contributed by atoms with Crippen molar-refractivity contribution >= 4 is 23.5 Å². The highest BCUT2D eigenvalue weighted by molar-refractivity contribution is 6.78. The smallest absolute Gasteiger partial charge is 0.438 e. The molecule has 0 spiro atoms. The van der Waals surface area contributed by atoms with Gasteiger partial charge in [-0.25, -0.2) is 4.39 Å². The number of nitrogens with one attached hydrogen (secondary N) is 1. The third kappa shape index (κ3) is 6.58. The summed E-state index contributed by atoms with van der Waals surface area (Å²) in [6.07, 6.45) is -3.44. The highest BCUT2D eigenvalue weighted by atomic mass is 28.4. The first-order chi connectivity index (χ1) is 11.5. The topological polar surface area (TPSA) is 56.8 Å². The van der Waals surface area contributed by atoms with Crippen molar-refractivity contribution in [2.24, 2.45) is 0 Å². The third-order valence-corrected chi connectivity index (χ3v) is 11.1. The highest BCUT2D eigenvalue weighted by Gasteiger charge is 2.63. The lowest BCUT2D eigenvalue weighted by molar-refractivity contribution is -0.322. The van der Waals surface area contributed by atoms with Crippen molar-refractivity contribution in [1.82, 2.24) is 5.32 Å². The van der Waals surface area contributed by atoms with E-state index in [0.717, 1.165) is 18.9 Å². The van der Waals surface area contributed by atoms with Crippen LogP contribution in [-0.4, -0.2) is 55.6 Å². The second-order valence-corrected chi connectivity index (χ2v) is 12.5. The zero-order valence-corrected chi connectivity index (χ0v) is 16.4. The molecular weight excluding hydrogens is 385 g/mol. The molecule has 1 rings (SSSR count). The largest absolute Gasteiger partial charge is 0.458 e. The standard InChI is InChI=1S/C13H24F5NO4Si2/c1-24-22-7-3-4-8-25(2,23-24)9-5-6-19-11(20)12(15,21-10-14)13(16,17)18/h24H,3-10H2,1-2H3,(H,19,20). The van der Waals surface area contributed by atoms with Crippen LogP contribution in [0.1, 0.15) is 19.3 Å². The zero-order valence-electron chi connectivity index (χ0n) is 14.3. The number of ether oxygens (including phenoxy) is 1. The van der Waals surface area contributed by atoms with E-state index >= 15 is 0 Å². The summed E-state index contributed by atoms with van der Waals surface area (Å²) in [5.74, 6) is -6.73. The SMILES string of the molecule is C[SiH]1OCCCC[Si](C)(CCCNC(=O)C(F)(OCF)C(F)(F)F)O1. The molecule has 25 heavy (non-hydrogen) atoms. The first kappa shape index (κ1) is 22.5. The van der Waals surface area contributed by atoms with E-state index in [9.17, 15) is 26.7 Å². The van der Waals surface area contributed by atoms with Crippen LogP contribution in [0.5, 0.6) is 0 Å². The molecule has 12 heteroatoms. The summed E-state index contributed by atoms with van der Waals surface area (Å²) in [4.78, 5) is 11.5. The van der Waals surface area contributed by atoms with E-state index in [0.29, 0.717) is 19.1 Å². The summed E-state index contributed by atoms with van der Waals surface area (Å²) < 4.78 is 78.4. The van der Waals surface area contributed by atoms with Crippen molar-refractivity contribution in [2.75, 3.05) is 20.0 Å². The zero-order chi connectivity index (χ0) is 19.1. The van der Waals surface area contributed by atoms with Gasteiger partial charge >= 0.3 is 21.3 Å². The molecule has 0 aromatic carbocycles.